The number of fused-ring (bicyclic) bond motifs is 1. The molecule has 36 heavy (non-hydrogen) atoms. The number of benzene rings is 3. The summed E-state index contributed by atoms with van der Waals surface area (Å²) in [4.78, 5) is 26.5. The zero-order valence-electron chi connectivity index (χ0n) is 19.9. The Morgan fingerprint density at radius 3 is 2.19 bits per heavy atom. The Kier molecular flexibility index (Phi) is 8.11. The van der Waals surface area contributed by atoms with Gasteiger partial charge in [-0.1, -0.05) is 38.8 Å². The second-order valence-electron chi connectivity index (χ2n) is 8.17. The second-order valence-corrected chi connectivity index (χ2v) is 8.17. The Bertz CT molecular complexity index is 1460. The van der Waals surface area contributed by atoms with E-state index in [9.17, 15) is 25.1 Å². The smallest absolute Gasteiger partial charge is 0.363 e. The van der Waals surface area contributed by atoms with Gasteiger partial charge in [-0.15, -0.1) is 0 Å². The summed E-state index contributed by atoms with van der Waals surface area (Å²) in [7, 11) is 0. The van der Waals surface area contributed by atoms with E-state index in [-0.39, 0.29) is 17.0 Å². The lowest BCUT2D eigenvalue weighted by molar-refractivity contribution is -0.385. The van der Waals surface area contributed by atoms with Crippen LogP contribution < -0.4 is 11.4 Å². The maximum Gasteiger partial charge on any atom is 0.363 e. The summed E-state index contributed by atoms with van der Waals surface area (Å²) in [5.41, 5.74) is 7.17. The highest BCUT2D eigenvalue weighted by atomic mass is 16.6. The Balaban J connectivity index is 0.000000275. The molecule has 0 bridgehead atoms. The minimum atomic E-state index is -0.871. The van der Waals surface area contributed by atoms with Crippen molar-refractivity contribution < 1.29 is 24.7 Å². The second kappa shape index (κ2) is 11.2. The van der Waals surface area contributed by atoms with Gasteiger partial charge in [-0.25, -0.2) is 9.78 Å². The van der Waals surface area contributed by atoms with Crippen LogP contribution in [0.5, 0.6) is 17.2 Å². The fourth-order valence-corrected chi connectivity index (χ4v) is 3.61. The van der Waals surface area contributed by atoms with Gasteiger partial charge >= 0.3 is 11.3 Å². The number of hydrogen-bond donors (Lipinski definition) is 4. The van der Waals surface area contributed by atoms with Gasteiger partial charge in [-0.3, -0.25) is 10.1 Å². The van der Waals surface area contributed by atoms with E-state index in [0.717, 1.165) is 43.4 Å². The van der Waals surface area contributed by atoms with Crippen molar-refractivity contribution in [3.63, 3.8) is 0 Å². The van der Waals surface area contributed by atoms with Gasteiger partial charge in [0.05, 0.1) is 10.6 Å². The van der Waals surface area contributed by atoms with Crippen LogP contribution in [0.3, 0.4) is 0 Å². The van der Waals surface area contributed by atoms with Gasteiger partial charge in [0.2, 0.25) is 5.75 Å². The molecule has 0 saturated carbocycles. The van der Waals surface area contributed by atoms with Gasteiger partial charge < -0.3 is 25.5 Å². The van der Waals surface area contributed by atoms with E-state index in [4.69, 9.17) is 15.3 Å². The molecule has 5 N–H and O–H groups in total. The van der Waals surface area contributed by atoms with Crippen molar-refractivity contribution in [1.82, 2.24) is 4.98 Å². The quantitative estimate of drug-likeness (QED) is 0.124. The number of nitro benzene ring substituents is 1. The number of nitrogens with two attached hydrogens (primary N) is 1. The predicted octanol–water partition coefficient (Wildman–Crippen LogP) is 5.05. The number of aromatic hydroxyl groups is 3. The first-order chi connectivity index (χ1) is 17.1. The number of nitrogens with zero attached hydrogens (tertiary/aromatic N) is 2. The van der Waals surface area contributed by atoms with E-state index < -0.39 is 27.7 Å². The van der Waals surface area contributed by atoms with Crippen LogP contribution in [0.1, 0.15) is 37.8 Å². The molecule has 0 aliphatic heterocycles. The molecule has 0 spiro atoms. The SMILES string of the molecule is CCCc1ccc(O)c(N)c1.CCCc1ccc2oc(=O)c(-c3cc(O)c(O)c([N+](=O)[O-])c3)nc2c1. The van der Waals surface area contributed by atoms with Crippen molar-refractivity contribution in [3.8, 4) is 28.5 Å². The highest BCUT2D eigenvalue weighted by Crippen LogP contribution is 2.38. The zero-order valence-corrected chi connectivity index (χ0v) is 19.9. The first-order valence-electron chi connectivity index (χ1n) is 11.4. The lowest BCUT2D eigenvalue weighted by Crippen LogP contribution is -2.06. The summed E-state index contributed by atoms with van der Waals surface area (Å²) in [5, 5.41) is 39.3. The average Bonchev–Trinajstić information content (AvgIpc) is 2.83. The number of phenols is 3. The van der Waals surface area contributed by atoms with Crippen molar-refractivity contribution in [2.24, 2.45) is 0 Å². The van der Waals surface area contributed by atoms with Gasteiger partial charge in [-0.2, -0.15) is 0 Å². The first kappa shape index (κ1) is 26.0. The Morgan fingerprint density at radius 2 is 1.58 bits per heavy atom. The molecule has 4 aromatic rings. The summed E-state index contributed by atoms with van der Waals surface area (Å²) in [6, 6.07) is 12.6. The minimum absolute atomic E-state index is 0.0152. The molecule has 0 fully saturated rings. The summed E-state index contributed by atoms with van der Waals surface area (Å²) in [6.07, 6.45) is 3.89. The molecule has 0 aliphatic carbocycles. The lowest BCUT2D eigenvalue weighted by Gasteiger charge is -2.06. The fraction of sp³-hybridized carbons (Fsp3) is 0.231. The molecule has 3 aromatic carbocycles. The van der Waals surface area contributed by atoms with E-state index in [1.54, 1.807) is 18.2 Å². The number of aromatic nitrogens is 1. The van der Waals surface area contributed by atoms with Crippen LogP contribution in [0.2, 0.25) is 0 Å². The van der Waals surface area contributed by atoms with Crippen LogP contribution >= 0.6 is 0 Å². The summed E-state index contributed by atoms with van der Waals surface area (Å²) >= 11 is 0. The molecular formula is C26H27N3O7. The summed E-state index contributed by atoms with van der Waals surface area (Å²) < 4.78 is 5.22. The molecule has 10 heteroatoms. The zero-order chi connectivity index (χ0) is 26.4. The van der Waals surface area contributed by atoms with Crippen LogP contribution in [0, 0.1) is 10.1 Å². The topological polar surface area (TPSA) is 173 Å². The van der Waals surface area contributed by atoms with E-state index in [1.807, 2.05) is 25.1 Å². The van der Waals surface area contributed by atoms with Gasteiger partial charge in [0, 0.05) is 11.6 Å². The molecule has 1 heterocycles. The number of phenolic OH excluding ortho intramolecular Hbond substituents is 3. The monoisotopic (exact) mass is 493 g/mol. The Hall–Kier alpha value is -4.60. The van der Waals surface area contributed by atoms with Gasteiger partial charge in [0.1, 0.15) is 11.3 Å². The minimum Gasteiger partial charge on any atom is -0.506 e. The van der Waals surface area contributed by atoms with Crippen molar-refractivity contribution in [2.45, 2.75) is 39.5 Å². The van der Waals surface area contributed by atoms with E-state index in [0.29, 0.717) is 16.8 Å². The van der Waals surface area contributed by atoms with Crippen molar-refractivity contribution in [2.75, 3.05) is 5.73 Å². The maximum absolute atomic E-state index is 12.2. The number of aryl methyl sites for hydroxylation is 2. The van der Waals surface area contributed by atoms with Crippen LogP contribution in [0.25, 0.3) is 22.4 Å². The van der Waals surface area contributed by atoms with Crippen LogP contribution in [0.15, 0.2) is 57.7 Å². The molecule has 0 atom stereocenters. The lowest BCUT2D eigenvalue weighted by atomic mass is 10.1. The van der Waals surface area contributed by atoms with Crippen molar-refractivity contribution in [3.05, 3.63) is 80.2 Å². The van der Waals surface area contributed by atoms with Gasteiger partial charge in [0.15, 0.2) is 17.0 Å². The number of rotatable bonds is 6. The number of anilines is 1. The molecule has 0 aliphatic rings. The van der Waals surface area contributed by atoms with E-state index in [2.05, 4.69) is 11.9 Å². The molecule has 0 saturated heterocycles. The standard InChI is InChI=1S/C17H14N2O6.C9H13NO/c1-2-3-9-4-5-14-11(6-9)18-15(17(22)25-14)10-7-12(19(23)24)16(21)13(20)8-10;1-2-3-7-4-5-9(11)8(10)6-7/h4-8,20-21H,2-3H2,1H3;4-6,11H,2-3,10H2,1H3. The normalized spacial score (nSPS) is 10.6. The van der Waals surface area contributed by atoms with Crippen LogP contribution in [0.4, 0.5) is 11.4 Å². The van der Waals surface area contributed by atoms with Crippen LogP contribution in [-0.2, 0) is 12.8 Å². The molecule has 0 amide bonds. The van der Waals surface area contributed by atoms with Crippen LogP contribution in [-0.4, -0.2) is 25.2 Å². The predicted molar refractivity (Wildman–Crippen MR) is 136 cm³/mol. The highest BCUT2D eigenvalue weighted by molar-refractivity contribution is 5.77. The van der Waals surface area contributed by atoms with Crippen molar-refractivity contribution >= 4 is 22.5 Å². The third kappa shape index (κ3) is 5.90. The summed E-state index contributed by atoms with van der Waals surface area (Å²) in [5.74, 6) is -1.42. The number of hydrogen-bond acceptors (Lipinski definition) is 9. The summed E-state index contributed by atoms with van der Waals surface area (Å²) in [6.45, 7) is 4.15. The molecule has 1 aromatic heterocycles. The first-order valence-corrected chi connectivity index (χ1v) is 11.4. The maximum atomic E-state index is 12.2. The largest absolute Gasteiger partial charge is 0.506 e. The molecule has 10 nitrogen and oxygen atoms in total. The molecule has 0 unspecified atom stereocenters. The molecule has 4 rings (SSSR count). The molecular weight excluding hydrogens is 466 g/mol. The number of nitro groups is 1. The third-order valence-electron chi connectivity index (χ3n) is 5.36. The average molecular weight is 494 g/mol. The van der Waals surface area contributed by atoms with Gasteiger partial charge in [-0.05, 0) is 54.3 Å². The molecule has 188 valence electrons. The van der Waals surface area contributed by atoms with E-state index in [1.165, 1.54) is 5.56 Å². The fourth-order valence-electron chi connectivity index (χ4n) is 3.61. The third-order valence-corrected chi connectivity index (χ3v) is 5.36. The van der Waals surface area contributed by atoms with E-state index >= 15 is 0 Å². The highest BCUT2D eigenvalue weighted by Gasteiger charge is 2.22. The number of nitrogen functional groups attached to an aromatic ring is 1. The Labute approximate surface area is 206 Å². The van der Waals surface area contributed by atoms with Gasteiger partial charge in [0.25, 0.3) is 0 Å². The van der Waals surface area contributed by atoms with Crippen molar-refractivity contribution in [1.29, 1.82) is 0 Å². The molecule has 0 radical (unpaired) electrons. The Morgan fingerprint density at radius 1 is 0.944 bits per heavy atom.